The Morgan fingerprint density at radius 2 is 1.71 bits per heavy atom. The highest BCUT2D eigenvalue weighted by Crippen LogP contribution is 2.25. The van der Waals surface area contributed by atoms with Crippen LogP contribution in [0.5, 0.6) is 17.2 Å². The molecule has 2 aromatic carbocycles. The molecule has 8 nitrogen and oxygen atoms in total. The van der Waals surface area contributed by atoms with E-state index >= 15 is 0 Å². The molecule has 0 aliphatic heterocycles. The second-order valence-corrected chi connectivity index (χ2v) is 5.75. The minimum absolute atomic E-state index is 0.240. The normalized spacial score (nSPS) is 10.9. The number of carbonyl (C=O) groups excluding carboxylic acids is 2. The Balaban J connectivity index is 2.01. The van der Waals surface area contributed by atoms with Gasteiger partial charge in [0, 0.05) is 18.0 Å². The van der Waals surface area contributed by atoms with Crippen molar-refractivity contribution in [2.75, 3.05) is 20.8 Å². The lowest BCUT2D eigenvalue weighted by Gasteiger charge is -2.12. The topological polar surface area (TPSA) is 109 Å². The molecule has 28 heavy (non-hydrogen) atoms. The Hall–Kier alpha value is -3.55. The molecule has 2 aromatic rings. The van der Waals surface area contributed by atoms with E-state index in [9.17, 15) is 14.7 Å². The van der Waals surface area contributed by atoms with Crippen LogP contribution in [0.15, 0.2) is 47.6 Å². The number of methoxy groups -OCH3 is 2. The van der Waals surface area contributed by atoms with Gasteiger partial charge >= 0.3 is 0 Å². The number of hydrogen-bond acceptors (Lipinski definition) is 7. The number of nitrogens with zero attached hydrogens (tertiary/aromatic N) is 1. The van der Waals surface area contributed by atoms with Gasteiger partial charge in [0.2, 0.25) is 0 Å². The molecule has 0 saturated heterocycles. The first-order valence-electron chi connectivity index (χ1n) is 8.40. The van der Waals surface area contributed by atoms with Gasteiger partial charge in [0.1, 0.15) is 5.75 Å². The molecule has 0 radical (unpaired) electrons. The molecule has 148 valence electrons. The number of amides is 1. The molecule has 0 fully saturated rings. The summed E-state index contributed by atoms with van der Waals surface area (Å²) in [6.07, 6.45) is -0.288. The highest BCUT2D eigenvalue weighted by molar-refractivity contribution is 5.99. The number of carboxylic acids is 1. The molecule has 0 spiro atoms. The largest absolute Gasteiger partial charge is 0.550 e. The molecular weight excluding hydrogens is 364 g/mol. The average Bonchev–Trinajstić information content (AvgIpc) is 2.70. The Bertz CT molecular complexity index is 879. The summed E-state index contributed by atoms with van der Waals surface area (Å²) in [6.45, 7) is 1.45. The van der Waals surface area contributed by atoms with Crippen LogP contribution in [0.2, 0.25) is 0 Å². The number of carboxylic acid groups (broad SMARTS) is 1. The van der Waals surface area contributed by atoms with Gasteiger partial charge in [0.15, 0.2) is 18.1 Å². The molecule has 1 N–H and O–H groups in total. The summed E-state index contributed by atoms with van der Waals surface area (Å²) in [4.78, 5) is 22.9. The van der Waals surface area contributed by atoms with E-state index in [0.29, 0.717) is 34.1 Å². The fraction of sp³-hybridized carbons (Fsp3) is 0.250. The van der Waals surface area contributed by atoms with Gasteiger partial charge in [-0.2, -0.15) is 5.10 Å². The summed E-state index contributed by atoms with van der Waals surface area (Å²) < 4.78 is 15.7. The van der Waals surface area contributed by atoms with Gasteiger partial charge in [0.05, 0.1) is 19.9 Å². The predicted octanol–water partition coefficient (Wildman–Crippen LogP) is 0.915. The molecule has 1 amide bonds. The van der Waals surface area contributed by atoms with Gasteiger partial charge in [-0.15, -0.1) is 0 Å². The third-order valence-corrected chi connectivity index (χ3v) is 3.81. The molecule has 2 rings (SSSR count). The number of rotatable bonds is 9. The number of hydrazone groups is 1. The van der Waals surface area contributed by atoms with Gasteiger partial charge in [-0.25, -0.2) is 5.43 Å². The van der Waals surface area contributed by atoms with Crippen LogP contribution < -0.4 is 24.7 Å². The number of hydrogen-bond donors (Lipinski definition) is 1. The molecular formula is C20H21N2O6-. The van der Waals surface area contributed by atoms with Gasteiger partial charge in [-0.1, -0.05) is 12.1 Å². The number of ether oxygens (including phenoxy) is 3. The summed E-state index contributed by atoms with van der Waals surface area (Å²) in [5, 5.41) is 14.9. The lowest BCUT2D eigenvalue weighted by atomic mass is 10.0. The van der Waals surface area contributed by atoms with E-state index in [1.807, 2.05) is 0 Å². The lowest BCUT2D eigenvalue weighted by Crippen LogP contribution is -2.26. The first-order chi connectivity index (χ1) is 13.4. The van der Waals surface area contributed by atoms with Crippen LogP contribution >= 0.6 is 0 Å². The smallest absolute Gasteiger partial charge is 0.277 e. The fourth-order valence-electron chi connectivity index (χ4n) is 2.42. The van der Waals surface area contributed by atoms with Gasteiger partial charge < -0.3 is 24.1 Å². The Morgan fingerprint density at radius 1 is 1.04 bits per heavy atom. The molecule has 0 aliphatic carbocycles. The zero-order valence-corrected chi connectivity index (χ0v) is 15.9. The second kappa shape index (κ2) is 9.96. The van der Waals surface area contributed by atoms with Crippen molar-refractivity contribution in [1.29, 1.82) is 0 Å². The zero-order chi connectivity index (χ0) is 20.5. The maximum atomic E-state index is 12.0. The fourth-order valence-corrected chi connectivity index (χ4v) is 2.42. The predicted molar refractivity (Wildman–Crippen MR) is 101 cm³/mol. The van der Waals surface area contributed by atoms with Crippen LogP contribution in [0.25, 0.3) is 0 Å². The maximum absolute atomic E-state index is 12.0. The number of aliphatic carboxylic acids is 1. The van der Waals surface area contributed by atoms with Crippen molar-refractivity contribution in [2.24, 2.45) is 5.10 Å². The quantitative estimate of drug-likeness (QED) is 0.508. The Morgan fingerprint density at radius 3 is 2.36 bits per heavy atom. The molecule has 0 atom stereocenters. The van der Waals surface area contributed by atoms with Crippen LogP contribution in [0.3, 0.4) is 0 Å². The molecule has 0 heterocycles. The van der Waals surface area contributed by atoms with Crippen molar-refractivity contribution in [1.82, 2.24) is 5.43 Å². The lowest BCUT2D eigenvalue weighted by molar-refractivity contribution is -0.304. The molecule has 0 bridgehead atoms. The van der Waals surface area contributed by atoms with Crippen molar-refractivity contribution < 1.29 is 28.9 Å². The average molecular weight is 385 g/mol. The number of carbonyl (C=O) groups is 2. The van der Waals surface area contributed by atoms with Crippen molar-refractivity contribution in [2.45, 2.75) is 13.3 Å². The summed E-state index contributed by atoms with van der Waals surface area (Å²) in [5.41, 5.74) is 3.99. The first kappa shape index (κ1) is 20.8. The minimum atomic E-state index is -1.22. The summed E-state index contributed by atoms with van der Waals surface area (Å²) in [5.74, 6) is -0.257. The van der Waals surface area contributed by atoms with Crippen LogP contribution in [0.1, 0.15) is 18.1 Å². The highest BCUT2D eigenvalue weighted by atomic mass is 16.5. The van der Waals surface area contributed by atoms with Gasteiger partial charge in [-0.05, 0) is 42.8 Å². The van der Waals surface area contributed by atoms with E-state index in [1.165, 1.54) is 14.2 Å². The van der Waals surface area contributed by atoms with Crippen LogP contribution in [-0.2, 0) is 16.0 Å². The molecule has 0 aliphatic rings. The van der Waals surface area contributed by atoms with Crippen LogP contribution in [0, 0.1) is 0 Å². The van der Waals surface area contributed by atoms with E-state index < -0.39 is 11.9 Å². The van der Waals surface area contributed by atoms with Crippen molar-refractivity contribution in [3.63, 3.8) is 0 Å². The standard InChI is InChI=1S/C20H22N2O6/c1-13(14-8-9-16(26-2)15(10-14)11-20(24)25)21-22-19(23)12-28-18-7-5-4-6-17(18)27-3/h4-10H,11-12H2,1-3H3,(H,22,23)(H,24,25)/p-1/b21-13-. The van der Waals surface area contributed by atoms with Crippen LogP contribution in [-0.4, -0.2) is 38.4 Å². The van der Waals surface area contributed by atoms with Gasteiger partial charge in [-0.3, -0.25) is 4.79 Å². The van der Waals surface area contributed by atoms with Crippen molar-refractivity contribution in [3.05, 3.63) is 53.6 Å². The molecule has 0 unspecified atom stereocenters. The van der Waals surface area contributed by atoms with Crippen molar-refractivity contribution >= 4 is 17.6 Å². The summed E-state index contributed by atoms with van der Waals surface area (Å²) >= 11 is 0. The highest BCUT2D eigenvalue weighted by Gasteiger charge is 2.09. The van der Waals surface area contributed by atoms with Crippen LogP contribution in [0.4, 0.5) is 0 Å². The van der Waals surface area contributed by atoms with Gasteiger partial charge in [0.25, 0.3) is 5.91 Å². The Kier molecular flexibility index (Phi) is 7.38. The van der Waals surface area contributed by atoms with E-state index in [4.69, 9.17) is 14.2 Å². The number of benzene rings is 2. The summed E-state index contributed by atoms with van der Waals surface area (Å²) in [7, 11) is 2.97. The van der Waals surface area contributed by atoms with E-state index in [2.05, 4.69) is 10.5 Å². The third kappa shape index (κ3) is 5.73. The van der Waals surface area contributed by atoms with E-state index in [-0.39, 0.29) is 13.0 Å². The minimum Gasteiger partial charge on any atom is -0.550 e. The zero-order valence-electron chi connectivity index (χ0n) is 15.9. The number of para-hydroxylation sites is 2. The molecule has 0 saturated carbocycles. The second-order valence-electron chi connectivity index (χ2n) is 5.75. The van der Waals surface area contributed by atoms with E-state index in [0.717, 1.165) is 0 Å². The van der Waals surface area contributed by atoms with Crippen molar-refractivity contribution in [3.8, 4) is 17.2 Å². The summed E-state index contributed by atoms with van der Waals surface area (Å²) in [6, 6.07) is 12.0. The number of nitrogens with one attached hydrogen (secondary N) is 1. The third-order valence-electron chi connectivity index (χ3n) is 3.81. The SMILES string of the molecule is COc1ccc(/C(C)=N\NC(=O)COc2ccccc2OC)cc1CC(=O)[O-]. The van der Waals surface area contributed by atoms with E-state index in [1.54, 1.807) is 49.4 Å². The maximum Gasteiger partial charge on any atom is 0.277 e. The molecule has 0 aromatic heterocycles. The molecule has 8 heteroatoms. The Labute approximate surface area is 162 Å². The first-order valence-corrected chi connectivity index (χ1v) is 8.40. The monoisotopic (exact) mass is 385 g/mol.